The first-order valence-corrected chi connectivity index (χ1v) is 8.73. The Morgan fingerprint density at radius 1 is 1.20 bits per heavy atom. The van der Waals surface area contributed by atoms with E-state index in [0.29, 0.717) is 13.1 Å². The number of hydrogen-bond acceptors (Lipinski definition) is 4. The van der Waals surface area contributed by atoms with Crippen molar-refractivity contribution in [2.45, 2.75) is 38.8 Å². The van der Waals surface area contributed by atoms with Crippen molar-refractivity contribution >= 4 is 6.03 Å². The number of nitrogens with one attached hydrogen (secondary N) is 2. The lowest BCUT2D eigenvalue weighted by Crippen LogP contribution is -2.36. The summed E-state index contributed by atoms with van der Waals surface area (Å²) in [7, 11) is 0. The van der Waals surface area contributed by atoms with Gasteiger partial charge in [0.05, 0.1) is 5.69 Å². The van der Waals surface area contributed by atoms with Gasteiger partial charge in [-0.2, -0.15) is 0 Å². The van der Waals surface area contributed by atoms with Crippen molar-refractivity contribution in [3.63, 3.8) is 0 Å². The Kier molecular flexibility index (Phi) is 4.45. The van der Waals surface area contributed by atoms with Gasteiger partial charge in [-0.25, -0.2) is 9.78 Å². The maximum Gasteiger partial charge on any atom is 0.315 e. The van der Waals surface area contributed by atoms with Crippen LogP contribution < -0.4 is 20.1 Å². The highest BCUT2D eigenvalue weighted by atomic mass is 16.7. The number of aryl methyl sites for hydroxylation is 2. The summed E-state index contributed by atoms with van der Waals surface area (Å²) in [5.41, 5.74) is 2.02. The molecule has 7 heteroatoms. The van der Waals surface area contributed by atoms with Crippen LogP contribution >= 0.6 is 0 Å². The quantitative estimate of drug-likeness (QED) is 0.871. The first kappa shape index (κ1) is 15.8. The minimum atomic E-state index is -0.179. The molecule has 0 fully saturated rings. The molecule has 0 saturated heterocycles. The van der Waals surface area contributed by atoms with Crippen molar-refractivity contribution in [1.29, 1.82) is 0 Å². The van der Waals surface area contributed by atoms with Crippen LogP contribution in [0.3, 0.4) is 0 Å². The molecule has 0 unspecified atom stereocenters. The number of carbonyl (C=O) groups excluding carboxylic acids is 1. The minimum Gasteiger partial charge on any atom is -0.454 e. The topological polar surface area (TPSA) is 77.4 Å². The zero-order chi connectivity index (χ0) is 17.1. The van der Waals surface area contributed by atoms with E-state index >= 15 is 0 Å². The van der Waals surface area contributed by atoms with Gasteiger partial charge < -0.3 is 24.7 Å². The lowest BCUT2D eigenvalue weighted by molar-refractivity contribution is 0.174. The fourth-order valence-electron chi connectivity index (χ4n) is 3.19. The molecule has 0 bridgehead atoms. The van der Waals surface area contributed by atoms with Crippen LogP contribution in [0.2, 0.25) is 0 Å². The number of aromatic nitrogens is 2. The van der Waals surface area contributed by atoms with Crippen molar-refractivity contribution in [2.24, 2.45) is 0 Å². The predicted molar refractivity (Wildman–Crippen MR) is 91.7 cm³/mol. The van der Waals surface area contributed by atoms with Crippen LogP contribution in [-0.4, -0.2) is 28.9 Å². The van der Waals surface area contributed by atoms with Gasteiger partial charge in [0.1, 0.15) is 5.82 Å². The SMILES string of the molecule is O=C(NCCc1cn2c(n1)CCCC2)NCc1ccc2c(c1)OCO2. The Hall–Kier alpha value is -2.70. The monoisotopic (exact) mass is 342 g/mol. The van der Waals surface area contributed by atoms with E-state index in [1.807, 2.05) is 18.2 Å². The number of hydrogen-bond donors (Lipinski definition) is 2. The molecule has 0 atom stereocenters. The molecular formula is C18H22N4O3. The molecule has 0 radical (unpaired) electrons. The zero-order valence-corrected chi connectivity index (χ0v) is 14.1. The second-order valence-electron chi connectivity index (χ2n) is 6.35. The van der Waals surface area contributed by atoms with Crippen LogP contribution in [0.4, 0.5) is 4.79 Å². The molecule has 0 aliphatic carbocycles. The van der Waals surface area contributed by atoms with E-state index in [0.717, 1.165) is 42.1 Å². The zero-order valence-electron chi connectivity index (χ0n) is 14.1. The number of amides is 2. The summed E-state index contributed by atoms with van der Waals surface area (Å²) in [5, 5.41) is 5.73. The van der Waals surface area contributed by atoms with Crippen molar-refractivity contribution in [2.75, 3.05) is 13.3 Å². The van der Waals surface area contributed by atoms with Gasteiger partial charge in [-0.05, 0) is 30.5 Å². The molecule has 132 valence electrons. The third-order valence-electron chi connectivity index (χ3n) is 4.52. The normalized spacial score (nSPS) is 14.9. The molecule has 2 aliphatic heterocycles. The third kappa shape index (κ3) is 3.70. The average Bonchev–Trinajstić information content (AvgIpc) is 3.25. The van der Waals surface area contributed by atoms with Crippen molar-refractivity contribution < 1.29 is 14.3 Å². The first-order chi connectivity index (χ1) is 12.3. The summed E-state index contributed by atoms with van der Waals surface area (Å²) < 4.78 is 12.8. The maximum atomic E-state index is 11.9. The van der Waals surface area contributed by atoms with Crippen molar-refractivity contribution in [1.82, 2.24) is 20.2 Å². The van der Waals surface area contributed by atoms with Gasteiger partial charge in [0.25, 0.3) is 0 Å². The predicted octanol–water partition coefficient (Wildman–Crippen LogP) is 1.99. The number of ether oxygens (including phenoxy) is 2. The summed E-state index contributed by atoms with van der Waals surface area (Å²) in [6, 6.07) is 5.49. The molecule has 1 aromatic heterocycles. The van der Waals surface area contributed by atoms with Gasteiger partial charge in [0.15, 0.2) is 11.5 Å². The number of fused-ring (bicyclic) bond motifs is 2. The van der Waals surface area contributed by atoms with Crippen LogP contribution in [0.15, 0.2) is 24.4 Å². The second-order valence-corrected chi connectivity index (χ2v) is 6.35. The Labute approximate surface area is 146 Å². The van der Waals surface area contributed by atoms with Crippen LogP contribution in [-0.2, 0) is 25.9 Å². The largest absolute Gasteiger partial charge is 0.454 e. The van der Waals surface area contributed by atoms with Gasteiger partial charge in [-0.1, -0.05) is 6.07 Å². The van der Waals surface area contributed by atoms with E-state index in [1.54, 1.807) is 0 Å². The standard InChI is InChI=1S/C18H22N4O3/c23-18(20-10-13-4-5-15-16(9-13)25-12-24-15)19-7-6-14-11-22-8-2-1-3-17(22)21-14/h4-5,9,11H,1-3,6-8,10,12H2,(H2,19,20,23). The lowest BCUT2D eigenvalue weighted by Gasteiger charge is -2.11. The van der Waals surface area contributed by atoms with Crippen LogP contribution in [0, 0.1) is 0 Å². The summed E-state index contributed by atoms with van der Waals surface area (Å²) >= 11 is 0. The lowest BCUT2D eigenvalue weighted by atomic mass is 10.2. The van der Waals surface area contributed by atoms with Gasteiger partial charge in [-0.3, -0.25) is 0 Å². The molecule has 0 saturated carbocycles. The van der Waals surface area contributed by atoms with Gasteiger partial charge in [-0.15, -0.1) is 0 Å². The van der Waals surface area contributed by atoms with E-state index in [2.05, 4.69) is 26.4 Å². The maximum absolute atomic E-state index is 11.9. The molecule has 7 nitrogen and oxygen atoms in total. The molecule has 3 heterocycles. The summed E-state index contributed by atoms with van der Waals surface area (Å²) in [5.74, 6) is 2.65. The highest BCUT2D eigenvalue weighted by Gasteiger charge is 2.14. The third-order valence-corrected chi connectivity index (χ3v) is 4.52. The Bertz CT molecular complexity index is 748. The van der Waals surface area contributed by atoms with Crippen LogP contribution in [0.5, 0.6) is 11.5 Å². The van der Waals surface area contributed by atoms with Gasteiger partial charge >= 0.3 is 6.03 Å². The molecule has 1 aromatic carbocycles. The summed E-state index contributed by atoms with van der Waals surface area (Å²) in [6.45, 7) is 2.33. The summed E-state index contributed by atoms with van der Waals surface area (Å²) in [6.07, 6.45) is 6.36. The molecular weight excluding hydrogens is 320 g/mol. The second kappa shape index (κ2) is 7.04. The molecule has 2 N–H and O–H groups in total. The van der Waals surface area contributed by atoms with E-state index in [1.165, 1.54) is 18.7 Å². The number of carbonyl (C=O) groups is 1. The van der Waals surface area contributed by atoms with Gasteiger partial charge in [0.2, 0.25) is 6.79 Å². The smallest absolute Gasteiger partial charge is 0.315 e. The van der Waals surface area contributed by atoms with E-state index < -0.39 is 0 Å². The Morgan fingerprint density at radius 3 is 3.04 bits per heavy atom. The van der Waals surface area contributed by atoms with Crippen molar-refractivity contribution in [3.8, 4) is 11.5 Å². The molecule has 2 amide bonds. The minimum absolute atomic E-state index is 0.179. The first-order valence-electron chi connectivity index (χ1n) is 8.73. The molecule has 4 rings (SSSR count). The van der Waals surface area contributed by atoms with Crippen molar-refractivity contribution in [3.05, 3.63) is 41.5 Å². The number of rotatable bonds is 5. The van der Waals surface area contributed by atoms with Gasteiger partial charge in [0, 0.05) is 38.7 Å². The Morgan fingerprint density at radius 2 is 2.12 bits per heavy atom. The number of benzene rings is 1. The average molecular weight is 342 g/mol. The molecule has 25 heavy (non-hydrogen) atoms. The molecule has 2 aromatic rings. The van der Waals surface area contributed by atoms with E-state index in [4.69, 9.17) is 9.47 Å². The molecule has 0 spiro atoms. The van der Waals surface area contributed by atoms with E-state index in [9.17, 15) is 4.79 Å². The fourth-order valence-corrected chi connectivity index (χ4v) is 3.19. The highest BCUT2D eigenvalue weighted by molar-refractivity contribution is 5.73. The van der Waals surface area contributed by atoms with E-state index in [-0.39, 0.29) is 12.8 Å². The van der Waals surface area contributed by atoms with Crippen LogP contribution in [0.1, 0.15) is 29.9 Å². The number of imidazole rings is 1. The molecule has 2 aliphatic rings. The van der Waals surface area contributed by atoms with Crippen LogP contribution in [0.25, 0.3) is 0 Å². The fraction of sp³-hybridized carbons (Fsp3) is 0.444. The number of urea groups is 1. The highest BCUT2D eigenvalue weighted by Crippen LogP contribution is 2.32. The number of nitrogens with zero attached hydrogens (tertiary/aromatic N) is 2. The summed E-state index contributed by atoms with van der Waals surface area (Å²) in [4.78, 5) is 16.6. The Balaban J connectivity index is 1.21.